The molecule has 0 fully saturated rings. The quantitative estimate of drug-likeness (QED) is 0.568. The lowest BCUT2D eigenvalue weighted by molar-refractivity contribution is -0.671. The van der Waals surface area contributed by atoms with E-state index in [0.29, 0.717) is 0 Å². The topological polar surface area (TPSA) is 24.1 Å². The van der Waals surface area contributed by atoms with Crippen LogP contribution in [0.1, 0.15) is 25.0 Å². The number of nitrogens with zero attached hydrogens (tertiary/aromatic N) is 1. The minimum Gasteiger partial charge on any atom is -1.00 e. The summed E-state index contributed by atoms with van der Waals surface area (Å²) < 4.78 is 1.97. The third kappa shape index (κ3) is 3.15. The highest BCUT2D eigenvalue weighted by Gasteiger charge is 2.35. The Kier molecular flexibility index (Phi) is 5.50. The molecule has 0 aliphatic heterocycles. The Morgan fingerprint density at radius 1 is 0.947 bits per heavy atom. The van der Waals surface area contributed by atoms with Crippen LogP contribution in [-0.4, -0.2) is 5.11 Å². The molecule has 19 heavy (non-hydrogen) atoms. The molecule has 0 bridgehead atoms. The van der Waals surface area contributed by atoms with E-state index in [2.05, 4.69) is 0 Å². The number of hydrogen-bond donors (Lipinski definition) is 1. The second-order valence-electron chi connectivity index (χ2n) is 5.04. The van der Waals surface area contributed by atoms with Crippen molar-refractivity contribution >= 4 is 0 Å². The predicted octanol–water partition coefficient (Wildman–Crippen LogP) is -0.593. The Morgan fingerprint density at radius 3 is 1.89 bits per heavy atom. The lowest BCUT2D eigenvalue weighted by Gasteiger charge is -2.33. The molecule has 0 aliphatic carbocycles. The molecule has 102 valence electrons. The summed E-state index contributed by atoms with van der Waals surface area (Å²) in [6.07, 6.45) is 3.93. The van der Waals surface area contributed by atoms with Crippen LogP contribution < -0.4 is 28.5 Å². The highest BCUT2D eigenvalue weighted by atomic mass is 127. The minimum atomic E-state index is -0.935. The Bertz CT molecular complexity index is 510. The molecule has 2 rings (SSSR count). The SMILES string of the molecule is CC(C)C(O)(c1ccccc1)c1cc[n+](C)cc1.[I-]. The largest absolute Gasteiger partial charge is 1.00 e. The highest BCUT2D eigenvalue weighted by Crippen LogP contribution is 2.35. The fraction of sp³-hybridized carbons (Fsp3) is 0.312. The van der Waals surface area contributed by atoms with Gasteiger partial charge in [-0.3, -0.25) is 0 Å². The number of benzene rings is 1. The summed E-state index contributed by atoms with van der Waals surface area (Å²) in [6.45, 7) is 4.08. The van der Waals surface area contributed by atoms with E-state index >= 15 is 0 Å². The zero-order valence-corrected chi connectivity index (χ0v) is 13.7. The van der Waals surface area contributed by atoms with Crippen molar-refractivity contribution < 1.29 is 33.7 Å². The smallest absolute Gasteiger partial charge is 0.168 e. The first-order valence-corrected chi connectivity index (χ1v) is 6.29. The molecule has 1 N–H and O–H groups in total. The Balaban J connectivity index is 0.00000180. The lowest BCUT2D eigenvalue weighted by Crippen LogP contribution is -3.00. The monoisotopic (exact) mass is 369 g/mol. The molecule has 0 spiro atoms. The van der Waals surface area contributed by atoms with Gasteiger partial charge in [-0.2, -0.15) is 0 Å². The van der Waals surface area contributed by atoms with E-state index in [9.17, 15) is 5.11 Å². The molecule has 1 unspecified atom stereocenters. The molecule has 1 aromatic heterocycles. The fourth-order valence-electron chi connectivity index (χ4n) is 2.28. The minimum absolute atomic E-state index is 0. The van der Waals surface area contributed by atoms with Gasteiger partial charge >= 0.3 is 0 Å². The zero-order chi connectivity index (χ0) is 13.2. The van der Waals surface area contributed by atoms with Crippen LogP contribution in [0.2, 0.25) is 0 Å². The number of hydrogen-bond acceptors (Lipinski definition) is 1. The van der Waals surface area contributed by atoms with E-state index < -0.39 is 5.60 Å². The first-order valence-electron chi connectivity index (χ1n) is 6.29. The summed E-state index contributed by atoms with van der Waals surface area (Å²) in [5, 5.41) is 11.1. The Hall–Kier alpha value is -0.940. The molecule has 2 nitrogen and oxygen atoms in total. The molecule has 0 saturated heterocycles. The van der Waals surface area contributed by atoms with Gasteiger partial charge in [-0.1, -0.05) is 44.2 Å². The predicted molar refractivity (Wildman–Crippen MR) is 71.9 cm³/mol. The van der Waals surface area contributed by atoms with E-state index in [4.69, 9.17) is 0 Å². The highest BCUT2D eigenvalue weighted by molar-refractivity contribution is 5.35. The molecule has 2 aromatic rings. The van der Waals surface area contributed by atoms with Crippen LogP contribution in [0.15, 0.2) is 54.9 Å². The molecule has 0 saturated carbocycles. The molecular formula is C16H20INO. The second kappa shape index (κ2) is 6.48. The molecular weight excluding hydrogens is 349 g/mol. The first kappa shape index (κ1) is 16.1. The summed E-state index contributed by atoms with van der Waals surface area (Å²) in [5.41, 5.74) is 0.936. The molecule has 0 radical (unpaired) electrons. The number of pyridine rings is 1. The van der Waals surface area contributed by atoms with Crippen molar-refractivity contribution in [3.8, 4) is 0 Å². The van der Waals surface area contributed by atoms with E-state index in [1.807, 2.05) is 80.3 Å². The zero-order valence-electron chi connectivity index (χ0n) is 11.5. The average molecular weight is 369 g/mol. The van der Waals surface area contributed by atoms with Gasteiger partial charge in [0.2, 0.25) is 0 Å². The van der Waals surface area contributed by atoms with Crippen LogP contribution in [0.4, 0.5) is 0 Å². The molecule has 0 amide bonds. The van der Waals surface area contributed by atoms with E-state index in [0.717, 1.165) is 11.1 Å². The van der Waals surface area contributed by atoms with Crippen LogP contribution in [-0.2, 0) is 12.6 Å². The summed E-state index contributed by atoms with van der Waals surface area (Å²) >= 11 is 0. The maximum atomic E-state index is 11.1. The Morgan fingerprint density at radius 2 is 1.42 bits per heavy atom. The van der Waals surface area contributed by atoms with Crippen molar-refractivity contribution in [2.24, 2.45) is 13.0 Å². The number of aromatic nitrogens is 1. The van der Waals surface area contributed by atoms with E-state index in [1.54, 1.807) is 0 Å². The van der Waals surface area contributed by atoms with Crippen LogP contribution >= 0.6 is 0 Å². The van der Waals surface area contributed by atoms with Crippen molar-refractivity contribution in [2.75, 3.05) is 0 Å². The van der Waals surface area contributed by atoms with Gasteiger partial charge in [0.1, 0.15) is 12.6 Å². The van der Waals surface area contributed by atoms with Gasteiger partial charge < -0.3 is 29.1 Å². The van der Waals surface area contributed by atoms with Gasteiger partial charge in [-0.25, -0.2) is 4.57 Å². The van der Waals surface area contributed by atoms with Crippen LogP contribution in [0.5, 0.6) is 0 Å². The number of aliphatic hydroxyl groups is 1. The van der Waals surface area contributed by atoms with Crippen LogP contribution in [0, 0.1) is 5.92 Å². The van der Waals surface area contributed by atoms with Crippen LogP contribution in [0.25, 0.3) is 0 Å². The summed E-state index contributed by atoms with van der Waals surface area (Å²) in [4.78, 5) is 0. The van der Waals surface area contributed by atoms with Crippen molar-refractivity contribution in [3.63, 3.8) is 0 Å². The van der Waals surface area contributed by atoms with Crippen LogP contribution in [0.3, 0.4) is 0 Å². The summed E-state index contributed by atoms with van der Waals surface area (Å²) in [7, 11) is 1.97. The van der Waals surface area contributed by atoms with Gasteiger partial charge in [-0.05, 0) is 11.5 Å². The Labute approximate surface area is 132 Å². The maximum Gasteiger partial charge on any atom is 0.168 e. The number of aryl methyl sites for hydroxylation is 1. The third-order valence-corrected chi connectivity index (χ3v) is 3.47. The second-order valence-corrected chi connectivity index (χ2v) is 5.04. The molecule has 1 heterocycles. The lowest BCUT2D eigenvalue weighted by atomic mass is 9.78. The van der Waals surface area contributed by atoms with E-state index in [1.165, 1.54) is 0 Å². The van der Waals surface area contributed by atoms with Gasteiger partial charge in [0.15, 0.2) is 12.4 Å². The standard InChI is InChI=1S/C16H20NO.HI/c1-13(2)16(18,14-7-5-4-6-8-14)15-9-11-17(3)12-10-15;/h4-13,18H,1-3H3;1H/q+1;/p-1. The van der Waals surface area contributed by atoms with Crippen molar-refractivity contribution in [2.45, 2.75) is 19.4 Å². The molecule has 0 aliphatic rings. The van der Waals surface area contributed by atoms with Crippen molar-refractivity contribution in [3.05, 3.63) is 66.0 Å². The van der Waals surface area contributed by atoms with Gasteiger partial charge in [0, 0.05) is 17.7 Å². The number of rotatable bonds is 3. The summed E-state index contributed by atoms with van der Waals surface area (Å²) in [5.74, 6) is 0.104. The fourth-order valence-corrected chi connectivity index (χ4v) is 2.28. The van der Waals surface area contributed by atoms with Crippen molar-refractivity contribution in [1.82, 2.24) is 0 Å². The molecule has 3 heteroatoms. The van der Waals surface area contributed by atoms with Gasteiger partial charge in [0.05, 0.1) is 0 Å². The third-order valence-electron chi connectivity index (χ3n) is 3.47. The van der Waals surface area contributed by atoms with Gasteiger partial charge in [-0.15, -0.1) is 0 Å². The average Bonchev–Trinajstić information content (AvgIpc) is 2.39. The van der Waals surface area contributed by atoms with Gasteiger partial charge in [0.25, 0.3) is 0 Å². The number of halogens is 1. The molecule has 1 atom stereocenters. The van der Waals surface area contributed by atoms with E-state index in [-0.39, 0.29) is 29.9 Å². The normalized spacial score (nSPS) is 13.7. The maximum absolute atomic E-state index is 11.1. The first-order chi connectivity index (χ1) is 8.55. The summed E-state index contributed by atoms with van der Waals surface area (Å²) in [6, 6.07) is 13.8. The van der Waals surface area contributed by atoms with Crippen molar-refractivity contribution in [1.29, 1.82) is 0 Å². The molecule has 1 aromatic carbocycles.